The van der Waals surface area contributed by atoms with E-state index in [4.69, 9.17) is 16.3 Å². The summed E-state index contributed by atoms with van der Waals surface area (Å²) in [6.07, 6.45) is -5.01. The van der Waals surface area contributed by atoms with E-state index in [-0.39, 0.29) is 34.4 Å². The number of benzene rings is 2. The highest BCUT2D eigenvalue weighted by atomic mass is 35.5. The van der Waals surface area contributed by atoms with Gasteiger partial charge in [0.25, 0.3) is 11.6 Å². The van der Waals surface area contributed by atoms with E-state index >= 15 is 0 Å². The van der Waals surface area contributed by atoms with Gasteiger partial charge in [0.05, 0.1) is 29.8 Å². The fourth-order valence-corrected chi connectivity index (χ4v) is 3.97. The van der Waals surface area contributed by atoms with Gasteiger partial charge in [0.1, 0.15) is 16.6 Å². The number of anilines is 2. The van der Waals surface area contributed by atoms with Crippen LogP contribution in [0.25, 0.3) is 0 Å². The summed E-state index contributed by atoms with van der Waals surface area (Å²) in [5.41, 5.74) is -0.206. The summed E-state index contributed by atoms with van der Waals surface area (Å²) in [4.78, 5) is 23.3. The van der Waals surface area contributed by atoms with E-state index in [2.05, 4.69) is 15.7 Å². The average Bonchev–Trinajstić information content (AvgIpc) is 3.14. The number of carbonyl (C=O) groups excluding carboxylic acids is 1. The number of methoxy groups -OCH3 is 1. The van der Waals surface area contributed by atoms with Gasteiger partial charge in [-0.15, -0.1) is 0 Å². The molecule has 2 aromatic carbocycles. The van der Waals surface area contributed by atoms with Gasteiger partial charge in [-0.2, -0.15) is 18.3 Å². The molecule has 4 rings (SSSR count). The molecule has 2 N–H and O–H groups in total. The lowest BCUT2D eigenvalue weighted by Gasteiger charge is -2.33. The second kappa shape index (κ2) is 8.86. The second-order valence-corrected chi connectivity index (χ2v) is 7.87. The molecule has 0 saturated heterocycles. The lowest BCUT2D eigenvalue weighted by Crippen LogP contribution is -2.35. The van der Waals surface area contributed by atoms with Gasteiger partial charge in [-0.3, -0.25) is 14.9 Å². The first kappa shape index (κ1) is 23.4. The molecule has 0 radical (unpaired) electrons. The van der Waals surface area contributed by atoms with Gasteiger partial charge in [0.15, 0.2) is 11.7 Å². The van der Waals surface area contributed by atoms with Gasteiger partial charge in [0, 0.05) is 18.6 Å². The van der Waals surface area contributed by atoms with Gasteiger partial charge in [-0.05, 0) is 5.56 Å². The SMILES string of the molecule is COc1cc(NC(=O)c2nn3c(c2Cl)N[C@H](c2ccccc2)C[C@H]3C(F)(F)F)cc([N+](=O)[O-])c1. The molecule has 1 aromatic heterocycles. The molecule has 34 heavy (non-hydrogen) atoms. The first-order chi connectivity index (χ1) is 16.1. The predicted molar refractivity (Wildman–Crippen MR) is 117 cm³/mol. The highest BCUT2D eigenvalue weighted by Crippen LogP contribution is 2.46. The van der Waals surface area contributed by atoms with Crippen LogP contribution in [0, 0.1) is 10.1 Å². The average molecular weight is 496 g/mol. The minimum atomic E-state index is -4.65. The summed E-state index contributed by atoms with van der Waals surface area (Å²) in [6.45, 7) is 0. The number of halogens is 4. The van der Waals surface area contributed by atoms with Crippen molar-refractivity contribution < 1.29 is 27.6 Å². The first-order valence-corrected chi connectivity index (χ1v) is 10.3. The summed E-state index contributed by atoms with van der Waals surface area (Å²) in [6, 6.07) is 9.35. The summed E-state index contributed by atoms with van der Waals surface area (Å²) >= 11 is 6.30. The molecule has 2 atom stereocenters. The zero-order chi connectivity index (χ0) is 24.6. The van der Waals surface area contributed by atoms with Crippen LogP contribution < -0.4 is 15.4 Å². The van der Waals surface area contributed by atoms with Crippen LogP contribution in [0.2, 0.25) is 5.02 Å². The Morgan fingerprint density at radius 1 is 1.29 bits per heavy atom. The minimum Gasteiger partial charge on any atom is -0.496 e. The molecular formula is C21H17ClF3N5O4. The third-order valence-corrected chi connectivity index (χ3v) is 5.67. The van der Waals surface area contributed by atoms with Crippen LogP contribution in [-0.2, 0) is 0 Å². The van der Waals surface area contributed by atoms with E-state index in [0.717, 1.165) is 12.1 Å². The number of nitrogens with zero attached hydrogens (tertiary/aromatic N) is 3. The quantitative estimate of drug-likeness (QED) is 0.364. The molecule has 0 spiro atoms. The van der Waals surface area contributed by atoms with Crippen molar-refractivity contribution in [1.82, 2.24) is 9.78 Å². The molecule has 1 amide bonds. The van der Waals surface area contributed by atoms with Crippen LogP contribution >= 0.6 is 11.6 Å². The number of nitrogens with one attached hydrogen (secondary N) is 2. The summed E-state index contributed by atoms with van der Waals surface area (Å²) in [5.74, 6) is -0.983. The van der Waals surface area contributed by atoms with Crippen LogP contribution in [0.4, 0.5) is 30.4 Å². The van der Waals surface area contributed by atoms with Crippen LogP contribution in [-0.4, -0.2) is 33.9 Å². The molecular weight excluding hydrogens is 479 g/mol. The van der Waals surface area contributed by atoms with E-state index < -0.39 is 34.8 Å². The number of alkyl halides is 3. The minimum absolute atomic E-state index is 0.0134. The number of rotatable bonds is 5. The highest BCUT2D eigenvalue weighted by molar-refractivity contribution is 6.36. The maximum atomic E-state index is 13.9. The molecule has 1 aliphatic heterocycles. The zero-order valence-corrected chi connectivity index (χ0v) is 18.2. The molecule has 2 heterocycles. The van der Waals surface area contributed by atoms with Gasteiger partial charge in [0.2, 0.25) is 0 Å². The van der Waals surface area contributed by atoms with E-state index in [1.165, 1.54) is 13.2 Å². The molecule has 0 fully saturated rings. The van der Waals surface area contributed by atoms with Gasteiger partial charge in [-0.1, -0.05) is 41.9 Å². The molecule has 13 heteroatoms. The van der Waals surface area contributed by atoms with Crippen LogP contribution in [0.5, 0.6) is 5.75 Å². The van der Waals surface area contributed by atoms with Crippen LogP contribution in [0.3, 0.4) is 0 Å². The number of nitro groups is 1. The predicted octanol–water partition coefficient (Wildman–Crippen LogP) is 5.37. The van der Waals surface area contributed by atoms with Gasteiger partial charge < -0.3 is 15.4 Å². The molecule has 0 aliphatic carbocycles. The number of amides is 1. The Balaban J connectivity index is 1.70. The Bertz CT molecular complexity index is 1250. The number of fused-ring (bicyclic) bond motifs is 1. The number of ether oxygens (including phenoxy) is 1. The Kier molecular flexibility index (Phi) is 6.09. The van der Waals surface area contributed by atoms with Crippen molar-refractivity contribution in [3.63, 3.8) is 0 Å². The van der Waals surface area contributed by atoms with Crippen molar-refractivity contribution in [2.75, 3.05) is 17.7 Å². The molecule has 0 saturated carbocycles. The number of carbonyl (C=O) groups is 1. The Morgan fingerprint density at radius 3 is 2.62 bits per heavy atom. The summed E-state index contributed by atoms with van der Waals surface area (Å²) in [5, 5.41) is 20.0. The van der Waals surface area contributed by atoms with Crippen molar-refractivity contribution >= 4 is 34.7 Å². The Morgan fingerprint density at radius 2 is 2.00 bits per heavy atom. The molecule has 178 valence electrons. The molecule has 0 bridgehead atoms. The zero-order valence-electron chi connectivity index (χ0n) is 17.5. The van der Waals surface area contributed by atoms with E-state index in [1.807, 2.05) is 0 Å². The second-order valence-electron chi connectivity index (χ2n) is 7.49. The maximum Gasteiger partial charge on any atom is 0.410 e. The number of hydrogen-bond donors (Lipinski definition) is 2. The molecule has 3 aromatic rings. The van der Waals surface area contributed by atoms with Crippen molar-refractivity contribution in [3.8, 4) is 5.75 Å². The fraction of sp³-hybridized carbons (Fsp3) is 0.238. The molecule has 0 unspecified atom stereocenters. The van der Waals surface area contributed by atoms with Crippen molar-refractivity contribution in [2.24, 2.45) is 0 Å². The largest absolute Gasteiger partial charge is 0.496 e. The van der Waals surface area contributed by atoms with Crippen molar-refractivity contribution in [3.05, 3.63) is 74.9 Å². The molecule has 9 nitrogen and oxygen atoms in total. The highest BCUT2D eigenvalue weighted by Gasteiger charge is 2.47. The van der Waals surface area contributed by atoms with E-state index in [9.17, 15) is 28.1 Å². The van der Waals surface area contributed by atoms with E-state index in [0.29, 0.717) is 10.2 Å². The van der Waals surface area contributed by atoms with E-state index in [1.54, 1.807) is 30.3 Å². The molecule has 1 aliphatic rings. The summed E-state index contributed by atoms with van der Waals surface area (Å²) < 4.78 is 47.3. The standard InChI is InChI=1S/C21H17ClF3N5O4/c1-34-14-8-12(7-13(9-14)30(32)33)26-20(31)18-17(22)19-27-15(11-5-3-2-4-6-11)10-16(21(23,24)25)29(19)28-18/h2-9,15-16,27H,10H2,1H3,(H,26,31)/t15-,16-/m0/s1. The third kappa shape index (κ3) is 4.49. The topological polar surface area (TPSA) is 111 Å². The number of hydrogen-bond acceptors (Lipinski definition) is 6. The monoisotopic (exact) mass is 495 g/mol. The Labute approximate surface area is 195 Å². The smallest absolute Gasteiger partial charge is 0.410 e. The first-order valence-electron chi connectivity index (χ1n) is 9.89. The Hall–Kier alpha value is -3.80. The number of aromatic nitrogens is 2. The number of nitro benzene ring substituents is 1. The van der Waals surface area contributed by atoms with Gasteiger partial charge in [-0.25, -0.2) is 4.68 Å². The van der Waals surface area contributed by atoms with Crippen molar-refractivity contribution in [1.29, 1.82) is 0 Å². The number of non-ortho nitro benzene ring substituents is 1. The summed E-state index contributed by atoms with van der Waals surface area (Å²) in [7, 11) is 1.29. The normalized spacial score (nSPS) is 17.4. The van der Waals surface area contributed by atoms with Gasteiger partial charge >= 0.3 is 6.18 Å². The maximum absolute atomic E-state index is 13.9. The van der Waals surface area contributed by atoms with Crippen molar-refractivity contribution in [2.45, 2.75) is 24.7 Å². The van der Waals surface area contributed by atoms with Crippen LogP contribution in [0.15, 0.2) is 48.5 Å². The van der Waals surface area contributed by atoms with Crippen LogP contribution in [0.1, 0.15) is 34.6 Å². The fourth-order valence-electron chi connectivity index (χ4n) is 3.71. The lowest BCUT2D eigenvalue weighted by atomic mass is 9.97. The lowest BCUT2D eigenvalue weighted by molar-refractivity contribution is -0.384. The third-order valence-electron chi connectivity index (χ3n) is 5.31.